The molecule has 0 spiro atoms. The number of benzene rings is 2. The summed E-state index contributed by atoms with van der Waals surface area (Å²) in [6.45, 7) is 0. The zero-order valence-electron chi connectivity index (χ0n) is 19.4. The number of hydrogen-bond donors (Lipinski definition) is 2. The minimum absolute atomic E-state index is 0.622. The zero-order chi connectivity index (χ0) is 23.9. The summed E-state index contributed by atoms with van der Waals surface area (Å²) in [6.07, 6.45) is 5.38. The van der Waals surface area contributed by atoms with Gasteiger partial charge in [0.05, 0.1) is 5.69 Å². The summed E-state index contributed by atoms with van der Waals surface area (Å²) in [5, 5.41) is 0. The van der Waals surface area contributed by atoms with Gasteiger partial charge in [-0.15, -0.1) is 0 Å². The van der Waals surface area contributed by atoms with Crippen molar-refractivity contribution in [2.24, 2.45) is 0 Å². The van der Waals surface area contributed by atoms with Crippen molar-refractivity contribution in [1.82, 2.24) is 29.9 Å². The first kappa shape index (κ1) is 20.5. The number of H-pyrrole nitrogens is 2. The minimum atomic E-state index is 0.622. The van der Waals surface area contributed by atoms with Crippen LogP contribution < -0.4 is 0 Å². The Bertz CT molecular complexity index is 1780. The second-order valence-electron chi connectivity index (χ2n) is 8.88. The molecule has 0 saturated carbocycles. The molecule has 36 heavy (non-hydrogen) atoms. The average Bonchev–Trinajstić information content (AvgIpc) is 3.72. The molecule has 5 aromatic rings. The van der Waals surface area contributed by atoms with Crippen molar-refractivity contribution in [3.8, 4) is 22.3 Å². The monoisotopic (exact) mass is 466 g/mol. The number of fused-ring (bicyclic) bond motifs is 8. The van der Waals surface area contributed by atoms with Gasteiger partial charge in [0.1, 0.15) is 11.5 Å². The maximum atomic E-state index is 4.96. The third-order valence-corrected chi connectivity index (χ3v) is 6.52. The van der Waals surface area contributed by atoms with Gasteiger partial charge in [0.25, 0.3) is 0 Å². The average molecular weight is 467 g/mol. The summed E-state index contributed by atoms with van der Waals surface area (Å²) in [5.41, 5.74) is 9.22. The van der Waals surface area contributed by atoms with E-state index in [0.717, 1.165) is 68.8 Å². The molecule has 0 unspecified atom stereocenters. The van der Waals surface area contributed by atoms with Gasteiger partial charge in [0.15, 0.2) is 11.6 Å². The Morgan fingerprint density at radius 2 is 1.11 bits per heavy atom. The molecule has 3 aromatic heterocycles. The predicted octanol–water partition coefficient (Wildman–Crippen LogP) is 6.39. The lowest BCUT2D eigenvalue weighted by molar-refractivity contribution is 0.953. The smallest absolute Gasteiger partial charge is 0.156 e. The van der Waals surface area contributed by atoms with Gasteiger partial charge in [0.2, 0.25) is 0 Å². The Labute approximate surface area is 207 Å². The van der Waals surface area contributed by atoms with E-state index in [0.29, 0.717) is 11.6 Å². The second-order valence-corrected chi connectivity index (χ2v) is 8.88. The molecule has 5 heterocycles. The molecule has 0 radical (unpaired) electrons. The van der Waals surface area contributed by atoms with E-state index in [4.69, 9.17) is 15.0 Å². The molecule has 0 atom stereocenters. The Hall–Kier alpha value is -4.84. The zero-order valence-corrected chi connectivity index (χ0v) is 19.4. The van der Waals surface area contributed by atoms with Crippen molar-refractivity contribution < 1.29 is 0 Å². The van der Waals surface area contributed by atoms with Crippen LogP contribution in [0.15, 0.2) is 84.9 Å². The predicted molar refractivity (Wildman–Crippen MR) is 144 cm³/mol. The van der Waals surface area contributed by atoms with Crippen LogP contribution in [0.1, 0.15) is 23.2 Å². The Morgan fingerprint density at radius 3 is 1.86 bits per heavy atom. The first-order valence-corrected chi connectivity index (χ1v) is 12.0. The molecule has 172 valence electrons. The highest BCUT2D eigenvalue weighted by molar-refractivity contribution is 5.95. The summed E-state index contributed by atoms with van der Waals surface area (Å²) in [5.74, 6) is 2.05. The van der Waals surface area contributed by atoms with Crippen molar-refractivity contribution in [2.45, 2.75) is 12.8 Å². The topological polar surface area (TPSA) is 83.1 Å². The lowest BCUT2D eigenvalue weighted by atomic mass is 10.0. The molecule has 0 fully saturated rings. The van der Waals surface area contributed by atoms with Gasteiger partial charge >= 0.3 is 0 Å². The van der Waals surface area contributed by atoms with Gasteiger partial charge in [-0.05, 0) is 54.0 Å². The van der Waals surface area contributed by atoms with Gasteiger partial charge in [-0.2, -0.15) is 0 Å². The lowest BCUT2D eigenvalue weighted by Gasteiger charge is -2.05. The third-order valence-electron chi connectivity index (χ3n) is 6.52. The summed E-state index contributed by atoms with van der Waals surface area (Å²) in [7, 11) is 0. The molecule has 0 aliphatic carbocycles. The van der Waals surface area contributed by atoms with E-state index in [9.17, 15) is 0 Å². The van der Waals surface area contributed by atoms with E-state index in [2.05, 4.69) is 81.7 Å². The van der Waals surface area contributed by atoms with Gasteiger partial charge in [-0.1, -0.05) is 60.7 Å². The Balaban J connectivity index is 1.63. The fourth-order valence-electron chi connectivity index (χ4n) is 4.91. The van der Waals surface area contributed by atoms with Crippen molar-refractivity contribution in [1.29, 1.82) is 0 Å². The van der Waals surface area contributed by atoms with Crippen LogP contribution >= 0.6 is 0 Å². The largest absolute Gasteiger partial charge is 0.354 e. The van der Waals surface area contributed by atoms with Gasteiger partial charge in [0, 0.05) is 34.1 Å². The molecular formula is C30H22N6. The van der Waals surface area contributed by atoms with E-state index < -0.39 is 0 Å². The van der Waals surface area contributed by atoms with Crippen LogP contribution in [0.25, 0.3) is 56.6 Å². The number of nitrogens with zero attached hydrogens (tertiary/aromatic N) is 4. The molecule has 2 aliphatic rings. The van der Waals surface area contributed by atoms with Crippen molar-refractivity contribution in [3.05, 3.63) is 108 Å². The summed E-state index contributed by atoms with van der Waals surface area (Å²) >= 11 is 0. The number of hydrogen-bond acceptors (Lipinski definition) is 4. The van der Waals surface area contributed by atoms with Gasteiger partial charge < -0.3 is 9.97 Å². The normalized spacial score (nSPS) is 12.7. The van der Waals surface area contributed by atoms with Crippen LogP contribution in [-0.2, 0) is 12.8 Å². The summed E-state index contributed by atoms with van der Waals surface area (Å²) in [6, 6.07) is 29.2. The third kappa shape index (κ3) is 3.69. The molecule has 2 aliphatic heterocycles. The van der Waals surface area contributed by atoms with E-state index in [-0.39, 0.29) is 0 Å². The molecule has 0 amide bonds. The van der Waals surface area contributed by atoms with E-state index in [1.54, 1.807) is 0 Å². The first-order chi connectivity index (χ1) is 17.8. The highest BCUT2D eigenvalue weighted by atomic mass is 15.0. The van der Waals surface area contributed by atoms with Crippen LogP contribution in [0.2, 0.25) is 0 Å². The van der Waals surface area contributed by atoms with Crippen molar-refractivity contribution in [2.75, 3.05) is 0 Å². The number of nitrogens with one attached hydrogen (secondary N) is 2. The minimum Gasteiger partial charge on any atom is -0.354 e. The molecule has 2 aromatic carbocycles. The molecule has 2 N–H and O–H groups in total. The first-order valence-electron chi connectivity index (χ1n) is 12.0. The fourth-order valence-corrected chi connectivity index (χ4v) is 4.91. The van der Waals surface area contributed by atoms with Crippen LogP contribution in [0.5, 0.6) is 0 Å². The fraction of sp³-hybridized carbons (Fsp3) is 0.0667. The molecule has 7 rings (SSSR count). The van der Waals surface area contributed by atoms with Crippen molar-refractivity contribution in [3.63, 3.8) is 0 Å². The maximum absolute atomic E-state index is 4.96. The van der Waals surface area contributed by atoms with Crippen LogP contribution in [-0.4, -0.2) is 29.9 Å². The van der Waals surface area contributed by atoms with Gasteiger partial charge in [-0.3, -0.25) is 0 Å². The summed E-state index contributed by atoms with van der Waals surface area (Å²) < 4.78 is 0. The highest BCUT2D eigenvalue weighted by Gasteiger charge is 2.16. The van der Waals surface area contributed by atoms with Crippen molar-refractivity contribution >= 4 is 34.3 Å². The van der Waals surface area contributed by atoms with Crippen LogP contribution in [0, 0.1) is 0 Å². The van der Waals surface area contributed by atoms with Crippen LogP contribution in [0.4, 0.5) is 0 Å². The molecule has 6 nitrogen and oxygen atoms in total. The molecule has 6 heteroatoms. The number of aryl methyl sites for hydroxylation is 2. The second kappa shape index (κ2) is 8.43. The quantitative estimate of drug-likeness (QED) is 0.310. The highest BCUT2D eigenvalue weighted by Crippen LogP contribution is 2.32. The molecular weight excluding hydrogens is 444 g/mol. The molecule has 8 bridgehead atoms. The Morgan fingerprint density at radius 1 is 0.500 bits per heavy atom. The number of aromatic amines is 2. The van der Waals surface area contributed by atoms with E-state index in [1.165, 1.54) is 0 Å². The molecule has 0 saturated heterocycles. The standard InChI is InChI=1S/C30H22N6/c1-3-7-19(8-4-1)29-21-11-12-22(31-21)30(20-9-5-2-6-10-20)24-14-16-26(33-24)35-28-18-17-27(36-28)34-25-15-13-23(29)32-25/h1-13,15,17-18,31H,14,16H2,(H,32,33,34,35,36). The maximum Gasteiger partial charge on any atom is 0.156 e. The lowest BCUT2D eigenvalue weighted by Crippen LogP contribution is -1.88. The SMILES string of the molecule is C1=Cc2nc1nc1nc(c(-c3ccccc3)c3ccc([nH]3)c(-c3ccccc3)c3ccc(n2)[nH]3)CC1. The summed E-state index contributed by atoms with van der Waals surface area (Å²) in [4.78, 5) is 26.2. The van der Waals surface area contributed by atoms with E-state index >= 15 is 0 Å². The number of rotatable bonds is 2. The number of aromatic nitrogens is 6. The van der Waals surface area contributed by atoms with Gasteiger partial charge in [-0.25, -0.2) is 19.9 Å². The Kier molecular flexibility index (Phi) is 4.81. The van der Waals surface area contributed by atoms with Crippen LogP contribution in [0.3, 0.4) is 0 Å². The van der Waals surface area contributed by atoms with E-state index in [1.807, 2.05) is 30.4 Å².